The summed E-state index contributed by atoms with van der Waals surface area (Å²) in [5, 5.41) is 9.15. The van der Waals surface area contributed by atoms with Crippen LogP contribution in [0.4, 0.5) is 13.2 Å². The summed E-state index contributed by atoms with van der Waals surface area (Å²) in [5.74, 6) is -1.37. The first-order valence-electron chi connectivity index (χ1n) is 7.04. The topological polar surface area (TPSA) is 89.9 Å². The van der Waals surface area contributed by atoms with Crippen LogP contribution in [0.3, 0.4) is 0 Å². The molecular formula is C15H15F3O6S. The number of aliphatic carboxylic acids is 1. The number of rotatable bonds is 5. The second-order valence-corrected chi connectivity index (χ2v) is 7.60. The maximum absolute atomic E-state index is 12.5. The molecule has 0 saturated heterocycles. The van der Waals surface area contributed by atoms with Crippen molar-refractivity contribution in [2.24, 2.45) is 5.41 Å². The van der Waals surface area contributed by atoms with Crippen molar-refractivity contribution < 1.29 is 40.4 Å². The summed E-state index contributed by atoms with van der Waals surface area (Å²) in [4.78, 5) is 11.2. The zero-order valence-electron chi connectivity index (χ0n) is 13.3. The lowest BCUT2D eigenvalue weighted by molar-refractivity contribution is -0.146. The summed E-state index contributed by atoms with van der Waals surface area (Å²) in [6.45, 7) is 2.88. The number of hydrogen-bond acceptors (Lipinski definition) is 5. The number of halogens is 3. The minimum atomic E-state index is -5.79. The fraction of sp³-hybridized carbons (Fsp3) is 0.400. The van der Waals surface area contributed by atoms with Crippen LogP contribution in [0.1, 0.15) is 25.0 Å². The Hall–Kier alpha value is -2.23. The first kappa shape index (κ1) is 19.1. The third-order valence-electron chi connectivity index (χ3n) is 3.53. The minimum absolute atomic E-state index is 0.0379. The molecule has 1 heterocycles. The molecule has 0 aromatic heterocycles. The highest BCUT2D eigenvalue weighted by Crippen LogP contribution is 2.36. The molecule has 1 aromatic carbocycles. The molecule has 1 aliphatic rings. The number of benzene rings is 1. The van der Waals surface area contributed by atoms with E-state index in [4.69, 9.17) is 9.84 Å². The van der Waals surface area contributed by atoms with E-state index in [1.165, 1.54) is 32.0 Å². The second kappa shape index (κ2) is 6.25. The summed E-state index contributed by atoms with van der Waals surface area (Å²) in [5.41, 5.74) is -5.99. The zero-order chi connectivity index (χ0) is 19.0. The SMILES string of the molecule is CC(C)(Cc1ccc2c(c1)OCC=C2OS(=O)(=O)C(F)(F)F)C(=O)O. The average molecular weight is 380 g/mol. The summed E-state index contributed by atoms with van der Waals surface area (Å²) in [7, 11) is -5.79. The van der Waals surface area contributed by atoms with Crippen LogP contribution < -0.4 is 4.74 Å². The molecule has 1 N–H and O–H groups in total. The van der Waals surface area contributed by atoms with E-state index in [1.807, 2.05) is 0 Å². The van der Waals surface area contributed by atoms with Gasteiger partial charge in [0.25, 0.3) is 0 Å². The Morgan fingerprint density at radius 2 is 1.96 bits per heavy atom. The van der Waals surface area contributed by atoms with E-state index >= 15 is 0 Å². The standard InChI is InChI=1S/C15H15F3O6S/c1-14(2,13(19)20)8-9-3-4-10-11(5-6-23-12(10)7-9)24-25(21,22)15(16,17)18/h3-5,7H,6,8H2,1-2H3,(H,19,20). The molecule has 0 aliphatic carbocycles. The van der Waals surface area contributed by atoms with Crippen molar-refractivity contribution in [3.05, 3.63) is 35.4 Å². The van der Waals surface area contributed by atoms with Gasteiger partial charge in [-0.15, -0.1) is 0 Å². The predicted octanol–water partition coefficient (Wildman–Crippen LogP) is 2.94. The third-order valence-corrected chi connectivity index (χ3v) is 4.49. The van der Waals surface area contributed by atoms with Crippen molar-refractivity contribution in [1.29, 1.82) is 0 Å². The van der Waals surface area contributed by atoms with Crippen LogP contribution >= 0.6 is 0 Å². The first-order valence-corrected chi connectivity index (χ1v) is 8.45. The van der Waals surface area contributed by atoms with E-state index in [2.05, 4.69) is 4.18 Å². The van der Waals surface area contributed by atoms with Crippen molar-refractivity contribution in [3.63, 3.8) is 0 Å². The van der Waals surface area contributed by atoms with E-state index in [1.54, 1.807) is 0 Å². The molecule has 6 nitrogen and oxygen atoms in total. The maximum Gasteiger partial charge on any atom is 0.534 e. The zero-order valence-corrected chi connectivity index (χ0v) is 14.1. The van der Waals surface area contributed by atoms with Crippen LogP contribution in [-0.2, 0) is 25.5 Å². The van der Waals surface area contributed by atoms with Crippen molar-refractivity contribution in [2.45, 2.75) is 25.8 Å². The maximum atomic E-state index is 12.5. The van der Waals surface area contributed by atoms with Gasteiger partial charge in [-0.05, 0) is 44.0 Å². The van der Waals surface area contributed by atoms with Crippen LogP contribution in [0, 0.1) is 5.41 Å². The van der Waals surface area contributed by atoms with E-state index < -0.39 is 32.8 Å². The lowest BCUT2D eigenvalue weighted by atomic mass is 9.85. The summed E-state index contributed by atoms with van der Waals surface area (Å²) in [6, 6.07) is 4.27. The van der Waals surface area contributed by atoms with Gasteiger partial charge in [-0.25, -0.2) is 0 Å². The second-order valence-electron chi connectivity index (χ2n) is 6.06. The summed E-state index contributed by atoms with van der Waals surface area (Å²) >= 11 is 0. The number of alkyl halides is 3. The van der Waals surface area contributed by atoms with Crippen molar-refractivity contribution in [2.75, 3.05) is 6.61 Å². The molecule has 0 fully saturated rings. The van der Waals surface area contributed by atoms with E-state index in [0.29, 0.717) is 5.56 Å². The number of carbonyl (C=O) groups is 1. The van der Waals surface area contributed by atoms with Crippen LogP contribution in [0.2, 0.25) is 0 Å². The monoisotopic (exact) mass is 380 g/mol. The Kier molecular flexibility index (Phi) is 4.77. The smallest absolute Gasteiger partial charge is 0.489 e. The van der Waals surface area contributed by atoms with Gasteiger partial charge in [0.2, 0.25) is 0 Å². The number of hydrogen-bond donors (Lipinski definition) is 1. The molecule has 0 spiro atoms. The van der Waals surface area contributed by atoms with Gasteiger partial charge in [-0.2, -0.15) is 21.6 Å². The van der Waals surface area contributed by atoms with Gasteiger partial charge < -0.3 is 14.0 Å². The van der Waals surface area contributed by atoms with E-state index in [-0.39, 0.29) is 24.3 Å². The predicted molar refractivity (Wildman–Crippen MR) is 81.1 cm³/mol. The van der Waals surface area contributed by atoms with Gasteiger partial charge in [-0.3, -0.25) is 4.79 Å². The molecule has 0 unspecified atom stereocenters. The molecule has 0 radical (unpaired) electrons. The lowest BCUT2D eigenvalue weighted by Crippen LogP contribution is -2.26. The Balaban J connectivity index is 2.31. The molecule has 0 saturated carbocycles. The Morgan fingerprint density at radius 1 is 1.32 bits per heavy atom. The average Bonchev–Trinajstić information content (AvgIpc) is 2.45. The van der Waals surface area contributed by atoms with Crippen LogP contribution in [-0.4, -0.2) is 31.6 Å². The van der Waals surface area contributed by atoms with Crippen LogP contribution in [0.5, 0.6) is 5.75 Å². The highest BCUT2D eigenvalue weighted by Gasteiger charge is 2.49. The number of carboxylic acids is 1. The van der Waals surface area contributed by atoms with Crippen molar-refractivity contribution >= 4 is 21.8 Å². The quantitative estimate of drug-likeness (QED) is 0.624. The van der Waals surface area contributed by atoms with Gasteiger partial charge in [0.05, 0.1) is 11.0 Å². The highest BCUT2D eigenvalue weighted by molar-refractivity contribution is 7.87. The number of ether oxygens (including phenoxy) is 1. The number of fused-ring (bicyclic) bond motifs is 1. The van der Waals surface area contributed by atoms with E-state index in [0.717, 1.165) is 6.08 Å². The number of carboxylic acid groups (broad SMARTS) is 1. The molecule has 2 rings (SSSR count). The largest absolute Gasteiger partial charge is 0.534 e. The molecule has 10 heteroatoms. The van der Waals surface area contributed by atoms with Crippen molar-refractivity contribution in [3.8, 4) is 5.75 Å². The van der Waals surface area contributed by atoms with Gasteiger partial charge in [0.15, 0.2) is 5.76 Å². The molecule has 25 heavy (non-hydrogen) atoms. The fourth-order valence-electron chi connectivity index (χ4n) is 2.15. The third kappa shape index (κ3) is 4.06. The lowest BCUT2D eigenvalue weighted by Gasteiger charge is -2.22. The molecule has 0 bridgehead atoms. The summed E-state index contributed by atoms with van der Waals surface area (Å²) in [6.07, 6.45) is 1.23. The fourth-order valence-corrected chi connectivity index (χ4v) is 2.64. The molecule has 1 aromatic rings. The van der Waals surface area contributed by atoms with Gasteiger partial charge in [0, 0.05) is 0 Å². The molecule has 0 amide bonds. The Labute approximate surface area is 142 Å². The molecule has 138 valence electrons. The van der Waals surface area contributed by atoms with E-state index in [9.17, 15) is 26.4 Å². The first-order chi connectivity index (χ1) is 11.3. The normalized spacial score (nSPS) is 15.0. The van der Waals surface area contributed by atoms with Crippen LogP contribution in [0.25, 0.3) is 5.76 Å². The van der Waals surface area contributed by atoms with Crippen molar-refractivity contribution in [1.82, 2.24) is 0 Å². The van der Waals surface area contributed by atoms with Gasteiger partial charge >= 0.3 is 21.6 Å². The van der Waals surface area contributed by atoms with Crippen LogP contribution in [0.15, 0.2) is 24.3 Å². The minimum Gasteiger partial charge on any atom is -0.489 e. The molecular weight excluding hydrogens is 365 g/mol. The highest BCUT2D eigenvalue weighted by atomic mass is 32.2. The van der Waals surface area contributed by atoms with Gasteiger partial charge in [0.1, 0.15) is 12.4 Å². The Morgan fingerprint density at radius 3 is 2.52 bits per heavy atom. The summed E-state index contributed by atoms with van der Waals surface area (Å²) < 4.78 is 69.2. The molecule has 1 aliphatic heterocycles. The Bertz CT molecular complexity index is 824. The molecule has 0 atom stereocenters. The van der Waals surface area contributed by atoms with Gasteiger partial charge in [-0.1, -0.05) is 6.07 Å².